The third-order valence-electron chi connectivity index (χ3n) is 2.93. The number of hydrogen-bond donors (Lipinski definition) is 1. The number of hydrogen-bond acceptors (Lipinski definition) is 5. The molecule has 0 unspecified atom stereocenters. The topological polar surface area (TPSA) is 43.4 Å². The van der Waals surface area contributed by atoms with Crippen LogP contribution in [-0.2, 0) is 11.2 Å². The second-order valence-electron chi connectivity index (χ2n) is 4.32. The van der Waals surface area contributed by atoms with E-state index in [0.29, 0.717) is 0 Å². The van der Waals surface area contributed by atoms with Crippen molar-refractivity contribution in [1.82, 2.24) is 10.3 Å². The molecule has 0 bridgehead atoms. The van der Waals surface area contributed by atoms with Gasteiger partial charge in [-0.3, -0.25) is 0 Å². The highest BCUT2D eigenvalue weighted by Crippen LogP contribution is 2.30. The van der Waals surface area contributed by atoms with Crippen LogP contribution in [0.3, 0.4) is 0 Å². The molecule has 0 saturated carbocycles. The minimum absolute atomic E-state index is 0.740. The fraction of sp³-hybridized carbons (Fsp3) is 0.400. The molecule has 0 atom stereocenters. The number of methoxy groups -OCH3 is 2. The molecule has 0 aliphatic heterocycles. The van der Waals surface area contributed by atoms with Crippen molar-refractivity contribution in [3.63, 3.8) is 0 Å². The van der Waals surface area contributed by atoms with Crippen molar-refractivity contribution in [1.29, 1.82) is 0 Å². The highest BCUT2D eigenvalue weighted by atomic mass is 32.1. The normalized spacial score (nSPS) is 10.7. The monoisotopic (exact) mass is 292 g/mol. The van der Waals surface area contributed by atoms with E-state index in [4.69, 9.17) is 9.47 Å². The van der Waals surface area contributed by atoms with Gasteiger partial charge in [0.1, 0.15) is 5.75 Å². The number of benzene rings is 1. The van der Waals surface area contributed by atoms with E-state index >= 15 is 0 Å². The molecule has 0 fully saturated rings. The van der Waals surface area contributed by atoms with E-state index in [1.807, 2.05) is 24.3 Å². The first-order chi connectivity index (χ1) is 9.85. The molecule has 108 valence electrons. The minimum atomic E-state index is 0.740. The zero-order valence-corrected chi connectivity index (χ0v) is 12.7. The molecule has 0 saturated heterocycles. The molecular formula is C15H20N2O2S. The van der Waals surface area contributed by atoms with Crippen LogP contribution in [0.15, 0.2) is 29.6 Å². The van der Waals surface area contributed by atoms with Crippen molar-refractivity contribution in [2.24, 2.45) is 0 Å². The lowest BCUT2D eigenvalue weighted by Crippen LogP contribution is -2.21. The van der Waals surface area contributed by atoms with Crippen LogP contribution in [0, 0.1) is 0 Å². The molecular weight excluding hydrogens is 272 g/mol. The summed E-state index contributed by atoms with van der Waals surface area (Å²) in [6.45, 7) is 2.54. The van der Waals surface area contributed by atoms with Crippen LogP contribution in [0.2, 0.25) is 0 Å². The maximum absolute atomic E-state index is 5.37. The maximum atomic E-state index is 5.37. The highest BCUT2D eigenvalue weighted by molar-refractivity contribution is 7.09. The summed E-state index contributed by atoms with van der Waals surface area (Å²) in [7, 11) is 3.40. The lowest BCUT2D eigenvalue weighted by atomic mass is 10.1. The summed E-state index contributed by atoms with van der Waals surface area (Å²) in [6, 6.07) is 7.97. The van der Waals surface area contributed by atoms with E-state index in [1.165, 1.54) is 0 Å². The number of ether oxygens (including phenoxy) is 2. The summed E-state index contributed by atoms with van der Waals surface area (Å²) in [5.41, 5.74) is 2.03. The lowest BCUT2D eigenvalue weighted by molar-refractivity contribution is 0.199. The lowest BCUT2D eigenvalue weighted by Gasteiger charge is -2.05. The first-order valence-electron chi connectivity index (χ1n) is 6.62. The number of rotatable bonds is 8. The Morgan fingerprint density at radius 1 is 1.20 bits per heavy atom. The Labute approximate surface area is 123 Å². The van der Waals surface area contributed by atoms with Gasteiger partial charge in [0.25, 0.3) is 0 Å². The summed E-state index contributed by atoms with van der Waals surface area (Å²) < 4.78 is 10.4. The summed E-state index contributed by atoms with van der Waals surface area (Å²) >= 11 is 1.69. The van der Waals surface area contributed by atoms with Crippen LogP contribution in [0.5, 0.6) is 5.75 Å². The minimum Gasteiger partial charge on any atom is -0.496 e. The van der Waals surface area contributed by atoms with Crippen LogP contribution in [0.1, 0.15) is 5.01 Å². The molecule has 0 spiro atoms. The summed E-state index contributed by atoms with van der Waals surface area (Å²) in [4.78, 5) is 4.67. The maximum Gasteiger partial charge on any atom is 0.128 e. The van der Waals surface area contributed by atoms with Gasteiger partial charge in [0.2, 0.25) is 0 Å². The number of aromatic nitrogens is 1. The van der Waals surface area contributed by atoms with E-state index < -0.39 is 0 Å². The zero-order valence-electron chi connectivity index (χ0n) is 11.9. The van der Waals surface area contributed by atoms with Crippen LogP contribution < -0.4 is 10.1 Å². The molecule has 2 aromatic rings. The number of nitrogens with one attached hydrogen (secondary N) is 1. The van der Waals surface area contributed by atoms with Crippen LogP contribution in [-0.4, -0.2) is 38.9 Å². The van der Waals surface area contributed by atoms with Crippen molar-refractivity contribution >= 4 is 11.3 Å². The van der Waals surface area contributed by atoms with Crippen LogP contribution in [0.4, 0.5) is 0 Å². The Balaban J connectivity index is 1.95. The Morgan fingerprint density at radius 3 is 2.85 bits per heavy atom. The fourth-order valence-corrected chi connectivity index (χ4v) is 2.70. The molecule has 2 rings (SSSR count). The predicted molar refractivity (Wildman–Crippen MR) is 82.6 cm³/mol. The molecule has 1 heterocycles. The van der Waals surface area contributed by atoms with Gasteiger partial charge in [-0.05, 0) is 12.1 Å². The van der Waals surface area contributed by atoms with Gasteiger partial charge in [-0.1, -0.05) is 12.1 Å². The van der Waals surface area contributed by atoms with Crippen LogP contribution in [0.25, 0.3) is 11.3 Å². The van der Waals surface area contributed by atoms with Gasteiger partial charge in [0.05, 0.1) is 24.4 Å². The molecule has 20 heavy (non-hydrogen) atoms. The average molecular weight is 292 g/mol. The summed E-state index contributed by atoms with van der Waals surface area (Å²) in [5, 5.41) is 6.54. The van der Waals surface area contributed by atoms with Gasteiger partial charge in [-0.15, -0.1) is 11.3 Å². The quantitative estimate of drug-likeness (QED) is 0.760. The number of nitrogens with zero attached hydrogens (tertiary/aromatic N) is 1. The SMILES string of the molecule is COCCNCCc1nc(-c2ccccc2OC)cs1. The van der Waals surface area contributed by atoms with Gasteiger partial charge in [0.15, 0.2) is 0 Å². The standard InChI is InChI=1S/C15H20N2O2S/c1-18-10-9-16-8-7-15-17-13(11-20-15)12-5-3-4-6-14(12)19-2/h3-6,11,16H,7-10H2,1-2H3. The van der Waals surface area contributed by atoms with E-state index in [0.717, 1.165) is 48.1 Å². The predicted octanol–water partition coefficient (Wildman–Crippen LogP) is 2.60. The van der Waals surface area contributed by atoms with Crippen molar-refractivity contribution in [3.8, 4) is 17.0 Å². The average Bonchev–Trinajstić information content (AvgIpc) is 2.95. The van der Waals surface area contributed by atoms with Gasteiger partial charge in [-0.2, -0.15) is 0 Å². The first kappa shape index (κ1) is 15.0. The second-order valence-corrected chi connectivity index (χ2v) is 5.26. The van der Waals surface area contributed by atoms with Crippen molar-refractivity contribution in [2.45, 2.75) is 6.42 Å². The van der Waals surface area contributed by atoms with E-state index in [2.05, 4.69) is 15.7 Å². The van der Waals surface area contributed by atoms with Gasteiger partial charge in [-0.25, -0.2) is 4.98 Å². The molecule has 1 aromatic heterocycles. The molecule has 4 nitrogen and oxygen atoms in total. The molecule has 5 heteroatoms. The highest BCUT2D eigenvalue weighted by Gasteiger charge is 2.08. The fourth-order valence-electron chi connectivity index (χ4n) is 1.90. The molecule has 1 aromatic carbocycles. The number of thiazole rings is 1. The Hall–Kier alpha value is -1.43. The molecule has 0 amide bonds. The number of para-hydroxylation sites is 1. The van der Waals surface area contributed by atoms with Crippen molar-refractivity contribution < 1.29 is 9.47 Å². The van der Waals surface area contributed by atoms with Crippen molar-refractivity contribution in [3.05, 3.63) is 34.7 Å². The third-order valence-corrected chi connectivity index (χ3v) is 3.84. The van der Waals surface area contributed by atoms with Gasteiger partial charge >= 0.3 is 0 Å². The smallest absolute Gasteiger partial charge is 0.128 e. The Kier molecular flexibility index (Phi) is 5.98. The van der Waals surface area contributed by atoms with Crippen molar-refractivity contribution in [2.75, 3.05) is 33.9 Å². The third kappa shape index (κ3) is 4.03. The van der Waals surface area contributed by atoms with Crippen LogP contribution >= 0.6 is 11.3 Å². The largest absolute Gasteiger partial charge is 0.496 e. The Bertz CT molecular complexity index is 528. The second kappa shape index (κ2) is 7.99. The molecule has 1 N–H and O–H groups in total. The summed E-state index contributed by atoms with van der Waals surface area (Å²) in [5.74, 6) is 0.863. The Morgan fingerprint density at radius 2 is 2.05 bits per heavy atom. The molecule has 0 aliphatic rings. The summed E-state index contributed by atoms with van der Waals surface area (Å²) in [6.07, 6.45) is 0.934. The van der Waals surface area contributed by atoms with E-state index in [-0.39, 0.29) is 0 Å². The van der Waals surface area contributed by atoms with Gasteiger partial charge in [0, 0.05) is 37.6 Å². The first-order valence-corrected chi connectivity index (χ1v) is 7.50. The molecule has 0 radical (unpaired) electrons. The molecule has 0 aliphatic carbocycles. The van der Waals surface area contributed by atoms with Gasteiger partial charge < -0.3 is 14.8 Å². The van der Waals surface area contributed by atoms with E-state index in [9.17, 15) is 0 Å². The van der Waals surface area contributed by atoms with E-state index in [1.54, 1.807) is 25.6 Å². The zero-order chi connectivity index (χ0) is 14.2.